The number of aliphatic hydroxyl groups excluding tert-OH is 1. The second-order valence-electron chi connectivity index (χ2n) is 8.17. The average molecular weight is 470 g/mol. The lowest BCUT2D eigenvalue weighted by Crippen LogP contribution is -2.57. The Morgan fingerprint density at radius 3 is 2.19 bits per heavy atom. The molecule has 2 amide bonds. The average Bonchev–Trinajstić information content (AvgIpc) is 2.69. The number of amidine groups is 1. The molecule has 1 rings (SSSR count). The summed E-state index contributed by atoms with van der Waals surface area (Å²) in [5, 5.41) is 22.7. The van der Waals surface area contributed by atoms with Gasteiger partial charge in [0.25, 0.3) is 0 Å². The van der Waals surface area contributed by atoms with E-state index in [1.165, 1.54) is 6.92 Å². The third-order valence-electron chi connectivity index (χ3n) is 4.62. The number of nitrogen functional groups attached to an aromatic ring is 1. The number of hydrogen-bond acceptors (Lipinski definition) is 6. The van der Waals surface area contributed by atoms with Crippen molar-refractivity contribution in [2.45, 2.75) is 65.3 Å². The van der Waals surface area contributed by atoms with E-state index in [4.69, 9.17) is 11.1 Å². The van der Waals surface area contributed by atoms with Crippen molar-refractivity contribution in [2.24, 2.45) is 11.7 Å². The first-order valence-corrected chi connectivity index (χ1v) is 12.2. The molecular formula is C21H35N5O5S. The number of carbonyl (C=O) groups is 2. The monoisotopic (exact) mass is 469 g/mol. The van der Waals surface area contributed by atoms with E-state index < -0.39 is 40.0 Å². The number of aliphatic hydroxyl groups is 1. The summed E-state index contributed by atoms with van der Waals surface area (Å²) >= 11 is 0. The van der Waals surface area contributed by atoms with Crippen LogP contribution in [0, 0.1) is 11.3 Å². The van der Waals surface area contributed by atoms with Crippen LogP contribution in [0.1, 0.15) is 51.7 Å². The number of hydrogen-bond donors (Lipinski definition) is 6. The van der Waals surface area contributed by atoms with E-state index in [-0.39, 0.29) is 24.1 Å². The number of amides is 2. The van der Waals surface area contributed by atoms with Gasteiger partial charge in [-0.3, -0.25) is 15.0 Å². The van der Waals surface area contributed by atoms with E-state index in [2.05, 4.69) is 15.4 Å². The minimum Gasteiger partial charge on any atom is -0.391 e. The molecule has 0 fully saturated rings. The molecule has 0 aliphatic rings. The van der Waals surface area contributed by atoms with Crippen LogP contribution < -0.4 is 21.1 Å². The molecule has 1 aromatic rings. The number of nitrogens with one attached hydrogen (secondary N) is 4. The smallest absolute Gasteiger partial charge is 0.242 e. The summed E-state index contributed by atoms with van der Waals surface area (Å²) in [6, 6.07) is 4.50. The SMILES string of the molecule is CCCS(=O)(=O)N[C@@H](C(=O)N[C@@H](CC(C)C)C(=O)NCc1ccc(C(=N)N)cc1)C(C)O. The summed E-state index contributed by atoms with van der Waals surface area (Å²) in [7, 11) is -3.75. The molecule has 0 heterocycles. The Bertz CT molecular complexity index is 884. The third kappa shape index (κ3) is 9.33. The molecule has 0 spiro atoms. The van der Waals surface area contributed by atoms with Crippen molar-refractivity contribution < 1.29 is 23.1 Å². The summed E-state index contributed by atoms with van der Waals surface area (Å²) in [5.74, 6) is -1.36. The van der Waals surface area contributed by atoms with Crippen LogP contribution in [0.25, 0.3) is 0 Å². The summed E-state index contributed by atoms with van der Waals surface area (Å²) in [5.41, 5.74) is 6.79. The summed E-state index contributed by atoms with van der Waals surface area (Å²) in [6.45, 7) is 6.98. The van der Waals surface area contributed by atoms with Crippen LogP contribution in [-0.4, -0.2) is 55.1 Å². The number of nitrogens with two attached hydrogens (primary N) is 1. The van der Waals surface area contributed by atoms with Gasteiger partial charge in [0.1, 0.15) is 17.9 Å². The van der Waals surface area contributed by atoms with E-state index in [0.29, 0.717) is 18.4 Å². The first-order valence-electron chi connectivity index (χ1n) is 10.6. The van der Waals surface area contributed by atoms with Crippen molar-refractivity contribution in [2.75, 3.05) is 5.75 Å². The Morgan fingerprint density at radius 1 is 1.12 bits per heavy atom. The number of rotatable bonds is 13. The Labute approximate surface area is 189 Å². The van der Waals surface area contributed by atoms with Gasteiger partial charge < -0.3 is 21.5 Å². The van der Waals surface area contributed by atoms with Crippen molar-refractivity contribution in [3.8, 4) is 0 Å². The highest BCUT2D eigenvalue weighted by Gasteiger charge is 2.31. The van der Waals surface area contributed by atoms with Crippen LogP contribution in [0.5, 0.6) is 0 Å². The van der Waals surface area contributed by atoms with E-state index in [0.717, 1.165) is 5.56 Å². The van der Waals surface area contributed by atoms with Crippen LogP contribution >= 0.6 is 0 Å². The van der Waals surface area contributed by atoms with Crippen molar-refractivity contribution in [1.82, 2.24) is 15.4 Å². The largest absolute Gasteiger partial charge is 0.391 e. The maximum absolute atomic E-state index is 12.8. The number of benzene rings is 1. The predicted octanol–water partition coefficient (Wildman–Crippen LogP) is 0.197. The van der Waals surface area contributed by atoms with Gasteiger partial charge in [0.2, 0.25) is 21.8 Å². The molecule has 3 atom stereocenters. The van der Waals surface area contributed by atoms with Gasteiger partial charge in [0.05, 0.1) is 11.9 Å². The Morgan fingerprint density at radius 2 is 1.72 bits per heavy atom. The molecule has 7 N–H and O–H groups in total. The van der Waals surface area contributed by atoms with Crippen molar-refractivity contribution in [1.29, 1.82) is 5.41 Å². The summed E-state index contributed by atoms with van der Waals surface area (Å²) < 4.78 is 26.4. The molecule has 180 valence electrons. The van der Waals surface area contributed by atoms with Crippen molar-refractivity contribution in [3.63, 3.8) is 0 Å². The van der Waals surface area contributed by atoms with Gasteiger partial charge in [0.15, 0.2) is 0 Å². The molecule has 1 aromatic carbocycles. The zero-order valence-electron chi connectivity index (χ0n) is 19.0. The maximum atomic E-state index is 12.8. The van der Waals surface area contributed by atoms with E-state index >= 15 is 0 Å². The van der Waals surface area contributed by atoms with E-state index in [9.17, 15) is 23.1 Å². The fourth-order valence-corrected chi connectivity index (χ4v) is 4.32. The molecule has 32 heavy (non-hydrogen) atoms. The maximum Gasteiger partial charge on any atom is 0.242 e. The van der Waals surface area contributed by atoms with Crippen LogP contribution in [0.15, 0.2) is 24.3 Å². The summed E-state index contributed by atoms with van der Waals surface area (Å²) in [4.78, 5) is 25.5. The van der Waals surface area contributed by atoms with Crippen molar-refractivity contribution in [3.05, 3.63) is 35.4 Å². The summed E-state index contributed by atoms with van der Waals surface area (Å²) in [6.07, 6.45) is -0.603. The Balaban J connectivity index is 2.87. The topological polar surface area (TPSA) is 174 Å². The molecule has 0 aliphatic carbocycles. The standard InChI is InChI=1S/C21H35N5O5S/c1-5-10-32(30,31)26-18(14(4)27)21(29)25-17(11-13(2)3)20(28)24-12-15-6-8-16(9-7-15)19(22)23/h6-9,13-14,17-18,26-27H,5,10-12H2,1-4H3,(H3,22,23)(H,24,28)(H,25,29)/t14?,17-,18+/m0/s1. The van der Waals surface area contributed by atoms with Gasteiger partial charge in [-0.2, -0.15) is 0 Å². The molecule has 0 radical (unpaired) electrons. The molecule has 11 heteroatoms. The first-order chi connectivity index (χ1) is 14.9. The second-order valence-corrected chi connectivity index (χ2v) is 10.0. The normalized spacial score (nSPS) is 14.4. The van der Waals surface area contributed by atoms with Gasteiger partial charge in [-0.15, -0.1) is 0 Å². The highest BCUT2D eigenvalue weighted by molar-refractivity contribution is 7.89. The lowest BCUT2D eigenvalue weighted by molar-refractivity contribution is -0.131. The Kier molecular flexibility index (Phi) is 10.8. The zero-order chi connectivity index (χ0) is 24.5. The molecule has 0 aliphatic heterocycles. The lowest BCUT2D eigenvalue weighted by atomic mass is 10.0. The van der Waals surface area contributed by atoms with Crippen LogP contribution in [0.2, 0.25) is 0 Å². The number of sulfonamides is 1. The zero-order valence-corrected chi connectivity index (χ0v) is 19.8. The van der Waals surface area contributed by atoms with Gasteiger partial charge in [-0.25, -0.2) is 13.1 Å². The molecular weight excluding hydrogens is 434 g/mol. The second kappa shape index (κ2) is 12.5. The fourth-order valence-electron chi connectivity index (χ4n) is 2.97. The quantitative estimate of drug-likeness (QED) is 0.178. The molecule has 1 unspecified atom stereocenters. The highest BCUT2D eigenvalue weighted by Crippen LogP contribution is 2.08. The molecule has 0 saturated heterocycles. The highest BCUT2D eigenvalue weighted by atomic mass is 32.2. The molecule has 0 saturated carbocycles. The number of carbonyl (C=O) groups excluding carboxylic acids is 2. The van der Waals surface area contributed by atoms with E-state index in [1.54, 1.807) is 31.2 Å². The first kappa shape index (κ1) is 27.5. The van der Waals surface area contributed by atoms with Gasteiger partial charge in [-0.05, 0) is 31.2 Å². The van der Waals surface area contributed by atoms with Crippen molar-refractivity contribution >= 4 is 27.7 Å². The van der Waals surface area contributed by atoms with Crippen LogP contribution in [0.3, 0.4) is 0 Å². The van der Waals surface area contributed by atoms with E-state index in [1.807, 2.05) is 13.8 Å². The Hall–Kier alpha value is -2.50. The molecule has 0 aromatic heterocycles. The van der Waals surface area contributed by atoms with Crippen LogP contribution in [-0.2, 0) is 26.2 Å². The lowest BCUT2D eigenvalue weighted by Gasteiger charge is -2.25. The van der Waals surface area contributed by atoms with Crippen LogP contribution in [0.4, 0.5) is 0 Å². The minimum absolute atomic E-state index is 0.0532. The fraction of sp³-hybridized carbons (Fsp3) is 0.571. The third-order valence-corrected chi connectivity index (χ3v) is 6.17. The van der Waals surface area contributed by atoms with Gasteiger partial charge in [-0.1, -0.05) is 45.0 Å². The van der Waals surface area contributed by atoms with Gasteiger partial charge in [0, 0.05) is 12.1 Å². The minimum atomic E-state index is -3.75. The molecule has 0 bridgehead atoms. The predicted molar refractivity (Wildman–Crippen MR) is 123 cm³/mol. The van der Waals surface area contributed by atoms with Gasteiger partial charge >= 0.3 is 0 Å². The molecule has 10 nitrogen and oxygen atoms in total.